The Morgan fingerprint density at radius 3 is 2.24 bits per heavy atom. The molecule has 4 heteroatoms. The lowest BCUT2D eigenvalue weighted by Gasteiger charge is -2.05. The Balaban J connectivity index is 1.62. The van der Waals surface area contributed by atoms with Gasteiger partial charge in [0.05, 0.1) is 5.75 Å². The second kappa shape index (κ2) is 8.50. The molecular formula is C25H21NO2S. The van der Waals surface area contributed by atoms with E-state index in [4.69, 9.17) is 9.40 Å². The number of thioether (sulfide) groups is 1. The van der Waals surface area contributed by atoms with Crippen LogP contribution in [0, 0.1) is 13.8 Å². The zero-order valence-corrected chi connectivity index (χ0v) is 17.2. The first-order valence-electron chi connectivity index (χ1n) is 9.47. The highest BCUT2D eigenvalue weighted by Crippen LogP contribution is 2.35. The molecule has 3 nitrogen and oxygen atoms in total. The van der Waals surface area contributed by atoms with Crippen LogP contribution in [0.4, 0.5) is 0 Å². The van der Waals surface area contributed by atoms with Gasteiger partial charge in [0.25, 0.3) is 5.22 Å². The molecule has 0 aliphatic carbocycles. The Hall–Kier alpha value is -3.11. The third kappa shape index (κ3) is 4.33. The number of benzene rings is 3. The summed E-state index contributed by atoms with van der Waals surface area (Å²) in [6.07, 6.45) is 0. The fourth-order valence-corrected chi connectivity index (χ4v) is 3.89. The summed E-state index contributed by atoms with van der Waals surface area (Å²) in [6, 6.07) is 25.8. The Morgan fingerprint density at radius 2 is 1.55 bits per heavy atom. The van der Waals surface area contributed by atoms with Gasteiger partial charge in [0.1, 0.15) is 5.69 Å². The second-order valence-electron chi connectivity index (χ2n) is 6.92. The van der Waals surface area contributed by atoms with E-state index in [1.807, 2.05) is 92.7 Å². The second-order valence-corrected chi connectivity index (χ2v) is 7.85. The summed E-state index contributed by atoms with van der Waals surface area (Å²) in [5.41, 5.74) is 5.57. The van der Waals surface area contributed by atoms with Gasteiger partial charge in [-0.1, -0.05) is 90.1 Å². The van der Waals surface area contributed by atoms with Gasteiger partial charge in [-0.05, 0) is 25.5 Å². The number of rotatable bonds is 6. The Morgan fingerprint density at radius 1 is 0.897 bits per heavy atom. The number of oxazole rings is 1. The van der Waals surface area contributed by atoms with Gasteiger partial charge >= 0.3 is 0 Å². The quantitative estimate of drug-likeness (QED) is 0.271. The molecule has 0 saturated carbocycles. The van der Waals surface area contributed by atoms with Crippen LogP contribution in [0.1, 0.15) is 21.5 Å². The average Bonchev–Trinajstić information content (AvgIpc) is 3.19. The minimum atomic E-state index is 0.0805. The van der Waals surface area contributed by atoms with E-state index in [1.165, 1.54) is 11.8 Å². The van der Waals surface area contributed by atoms with Gasteiger partial charge in [-0.25, -0.2) is 4.98 Å². The van der Waals surface area contributed by atoms with Gasteiger partial charge in [-0.15, -0.1) is 0 Å². The van der Waals surface area contributed by atoms with Crippen molar-refractivity contribution in [2.45, 2.75) is 19.1 Å². The van der Waals surface area contributed by atoms with Crippen LogP contribution < -0.4 is 0 Å². The lowest BCUT2D eigenvalue weighted by molar-refractivity contribution is 0.102. The first-order chi connectivity index (χ1) is 14.1. The predicted octanol–water partition coefficient (Wildman–Crippen LogP) is 6.60. The lowest BCUT2D eigenvalue weighted by atomic mass is 10.0. The van der Waals surface area contributed by atoms with E-state index in [0.717, 1.165) is 39.3 Å². The summed E-state index contributed by atoms with van der Waals surface area (Å²) in [5.74, 6) is 1.09. The first kappa shape index (κ1) is 19.2. The standard InChI is InChI=1S/C25H21NO2S/c1-17-13-14-18(2)21(15-17)22(27)16-29-25-26-23(19-9-5-3-6-10-19)24(28-25)20-11-7-4-8-12-20/h3-15H,16H2,1-2H3. The molecule has 1 aromatic heterocycles. The van der Waals surface area contributed by atoms with Crippen molar-refractivity contribution >= 4 is 17.5 Å². The van der Waals surface area contributed by atoms with E-state index >= 15 is 0 Å². The summed E-state index contributed by atoms with van der Waals surface area (Å²) >= 11 is 1.33. The molecule has 4 rings (SSSR count). The molecule has 0 radical (unpaired) electrons. The summed E-state index contributed by atoms with van der Waals surface area (Å²) in [4.78, 5) is 17.4. The van der Waals surface area contributed by atoms with Crippen LogP contribution in [0.5, 0.6) is 0 Å². The van der Waals surface area contributed by atoms with Crippen molar-refractivity contribution < 1.29 is 9.21 Å². The fourth-order valence-electron chi connectivity index (χ4n) is 3.18. The molecule has 3 aromatic carbocycles. The van der Waals surface area contributed by atoms with Crippen LogP contribution in [0.15, 0.2) is 88.5 Å². The van der Waals surface area contributed by atoms with Crippen molar-refractivity contribution in [1.82, 2.24) is 4.98 Å². The molecule has 0 aliphatic rings. The minimum Gasteiger partial charge on any atom is -0.431 e. The van der Waals surface area contributed by atoms with Crippen molar-refractivity contribution in [3.05, 3.63) is 95.6 Å². The van der Waals surface area contributed by atoms with Gasteiger partial charge in [-0.2, -0.15) is 0 Å². The van der Waals surface area contributed by atoms with Gasteiger partial charge in [0, 0.05) is 16.7 Å². The number of nitrogens with zero attached hydrogens (tertiary/aromatic N) is 1. The molecule has 0 atom stereocenters. The van der Waals surface area contributed by atoms with Crippen molar-refractivity contribution in [3.8, 4) is 22.6 Å². The molecule has 0 saturated heterocycles. The maximum atomic E-state index is 12.7. The molecule has 0 amide bonds. The van der Waals surface area contributed by atoms with Crippen LogP contribution in [0.25, 0.3) is 22.6 Å². The SMILES string of the molecule is Cc1ccc(C)c(C(=O)CSc2nc(-c3ccccc3)c(-c3ccccc3)o2)c1. The smallest absolute Gasteiger partial charge is 0.257 e. The Labute approximate surface area is 174 Å². The number of aromatic nitrogens is 1. The number of carbonyl (C=O) groups excluding carboxylic acids is 1. The van der Waals surface area contributed by atoms with Crippen molar-refractivity contribution in [2.75, 3.05) is 5.75 Å². The number of Topliss-reactive ketones (excluding diaryl/α,β-unsaturated/α-hetero) is 1. The number of hydrogen-bond donors (Lipinski definition) is 0. The third-order valence-corrected chi connectivity index (χ3v) is 5.54. The largest absolute Gasteiger partial charge is 0.431 e. The van der Waals surface area contributed by atoms with E-state index in [9.17, 15) is 4.79 Å². The fraction of sp³-hybridized carbons (Fsp3) is 0.120. The van der Waals surface area contributed by atoms with E-state index in [2.05, 4.69) is 0 Å². The maximum absolute atomic E-state index is 12.7. The molecule has 0 aliphatic heterocycles. The molecule has 0 bridgehead atoms. The predicted molar refractivity (Wildman–Crippen MR) is 118 cm³/mol. The minimum absolute atomic E-state index is 0.0805. The molecule has 1 heterocycles. The van der Waals surface area contributed by atoms with Crippen LogP contribution in [0.3, 0.4) is 0 Å². The van der Waals surface area contributed by atoms with Crippen molar-refractivity contribution in [1.29, 1.82) is 0 Å². The highest BCUT2D eigenvalue weighted by molar-refractivity contribution is 7.99. The molecule has 0 unspecified atom stereocenters. The molecule has 4 aromatic rings. The van der Waals surface area contributed by atoms with Gasteiger partial charge < -0.3 is 4.42 Å². The number of ketones is 1. The van der Waals surface area contributed by atoms with Crippen LogP contribution in [0.2, 0.25) is 0 Å². The molecule has 0 N–H and O–H groups in total. The van der Waals surface area contributed by atoms with E-state index in [0.29, 0.717) is 5.22 Å². The number of aryl methyl sites for hydroxylation is 2. The monoisotopic (exact) mass is 399 g/mol. The summed E-state index contributed by atoms with van der Waals surface area (Å²) in [6.45, 7) is 3.96. The van der Waals surface area contributed by atoms with Crippen molar-refractivity contribution in [3.63, 3.8) is 0 Å². The Bertz CT molecular complexity index is 1080. The normalized spacial score (nSPS) is 10.8. The molecular weight excluding hydrogens is 378 g/mol. The van der Waals surface area contributed by atoms with Gasteiger partial charge in [0.2, 0.25) is 0 Å². The molecule has 144 valence electrons. The van der Waals surface area contributed by atoms with Crippen LogP contribution in [-0.4, -0.2) is 16.5 Å². The first-order valence-corrected chi connectivity index (χ1v) is 10.5. The lowest BCUT2D eigenvalue weighted by Crippen LogP contribution is -2.05. The zero-order chi connectivity index (χ0) is 20.2. The van der Waals surface area contributed by atoms with E-state index in [1.54, 1.807) is 0 Å². The topological polar surface area (TPSA) is 43.1 Å². The van der Waals surface area contributed by atoms with E-state index in [-0.39, 0.29) is 11.5 Å². The van der Waals surface area contributed by atoms with E-state index < -0.39 is 0 Å². The zero-order valence-electron chi connectivity index (χ0n) is 16.4. The summed E-state index contributed by atoms with van der Waals surface area (Å²) < 4.78 is 6.10. The molecule has 0 fully saturated rings. The highest BCUT2D eigenvalue weighted by atomic mass is 32.2. The van der Waals surface area contributed by atoms with Crippen molar-refractivity contribution in [2.24, 2.45) is 0 Å². The van der Waals surface area contributed by atoms with Crippen LogP contribution in [-0.2, 0) is 0 Å². The summed E-state index contributed by atoms with van der Waals surface area (Å²) in [7, 11) is 0. The average molecular weight is 400 g/mol. The van der Waals surface area contributed by atoms with Gasteiger partial charge in [-0.3, -0.25) is 4.79 Å². The Kier molecular flexibility index (Phi) is 5.63. The van der Waals surface area contributed by atoms with Crippen LogP contribution >= 0.6 is 11.8 Å². The molecule has 29 heavy (non-hydrogen) atoms. The number of hydrogen-bond acceptors (Lipinski definition) is 4. The maximum Gasteiger partial charge on any atom is 0.257 e. The number of carbonyl (C=O) groups is 1. The third-order valence-electron chi connectivity index (χ3n) is 4.71. The highest BCUT2D eigenvalue weighted by Gasteiger charge is 2.18. The summed E-state index contributed by atoms with van der Waals surface area (Å²) in [5, 5.41) is 0.501. The van der Waals surface area contributed by atoms with Gasteiger partial charge in [0.15, 0.2) is 11.5 Å². The molecule has 0 spiro atoms.